The smallest absolute Gasteiger partial charge is 0.269 e. The molecule has 2 aromatic rings. The first kappa shape index (κ1) is 15.9. The van der Waals surface area contributed by atoms with E-state index in [4.69, 9.17) is 0 Å². The van der Waals surface area contributed by atoms with Crippen LogP contribution in [0.25, 0.3) is 0 Å². The fourth-order valence-corrected chi connectivity index (χ4v) is 2.92. The first-order valence-electron chi connectivity index (χ1n) is 7.67. The maximum Gasteiger partial charge on any atom is 0.269 e. The van der Waals surface area contributed by atoms with Gasteiger partial charge in [0, 0.05) is 42.3 Å². The highest BCUT2D eigenvalue weighted by Gasteiger charge is 2.29. The molecule has 0 spiro atoms. The number of rotatable bonds is 2. The second-order valence-corrected chi connectivity index (χ2v) is 5.76. The van der Waals surface area contributed by atoms with Crippen molar-refractivity contribution in [3.05, 3.63) is 69.8 Å². The summed E-state index contributed by atoms with van der Waals surface area (Å²) in [6, 6.07) is 12.9. The number of hydrogen-bond acceptors (Lipinski definition) is 4. The Morgan fingerprint density at radius 1 is 1.17 bits per heavy atom. The van der Waals surface area contributed by atoms with Crippen molar-refractivity contribution in [1.29, 1.82) is 0 Å². The van der Waals surface area contributed by atoms with Gasteiger partial charge in [-0.05, 0) is 23.8 Å². The molecular formula is C18H16N2O4. The molecule has 1 aliphatic heterocycles. The Morgan fingerprint density at radius 3 is 2.50 bits per heavy atom. The van der Waals surface area contributed by atoms with Crippen molar-refractivity contribution in [3.63, 3.8) is 0 Å². The lowest BCUT2D eigenvalue weighted by molar-refractivity contribution is -0.384. The second-order valence-electron chi connectivity index (χ2n) is 5.76. The summed E-state index contributed by atoms with van der Waals surface area (Å²) in [6.07, 6.45) is 0.286. The van der Waals surface area contributed by atoms with E-state index in [1.807, 2.05) is 31.2 Å². The number of nitro groups is 1. The van der Waals surface area contributed by atoms with Crippen LogP contribution < -0.4 is 4.90 Å². The summed E-state index contributed by atoms with van der Waals surface area (Å²) in [5.41, 5.74) is 1.85. The molecule has 6 nitrogen and oxygen atoms in total. The third-order valence-electron chi connectivity index (χ3n) is 4.33. The predicted octanol–water partition coefficient (Wildman–Crippen LogP) is 3.32. The van der Waals surface area contributed by atoms with E-state index < -0.39 is 4.92 Å². The molecule has 2 aromatic carbocycles. The third kappa shape index (κ3) is 2.78. The van der Waals surface area contributed by atoms with Crippen LogP contribution in [0.4, 0.5) is 11.4 Å². The van der Waals surface area contributed by atoms with Gasteiger partial charge < -0.3 is 4.90 Å². The minimum atomic E-state index is -0.504. The number of nitrogens with zero attached hydrogens (tertiary/aromatic N) is 2. The van der Waals surface area contributed by atoms with Crippen molar-refractivity contribution in [2.24, 2.45) is 0 Å². The van der Waals surface area contributed by atoms with Gasteiger partial charge in [-0.2, -0.15) is 0 Å². The molecule has 0 saturated heterocycles. The highest BCUT2D eigenvalue weighted by atomic mass is 16.6. The monoisotopic (exact) mass is 324 g/mol. The van der Waals surface area contributed by atoms with Gasteiger partial charge in [0.1, 0.15) is 5.78 Å². The van der Waals surface area contributed by atoms with Crippen LogP contribution in [-0.4, -0.2) is 23.2 Å². The zero-order valence-corrected chi connectivity index (χ0v) is 13.1. The first-order valence-corrected chi connectivity index (χ1v) is 7.67. The van der Waals surface area contributed by atoms with Crippen LogP contribution in [-0.2, 0) is 4.79 Å². The number of nitro benzene ring substituents is 1. The molecule has 6 heteroatoms. The van der Waals surface area contributed by atoms with E-state index in [0.717, 1.165) is 11.3 Å². The molecule has 0 aliphatic carbocycles. The summed E-state index contributed by atoms with van der Waals surface area (Å²) in [4.78, 5) is 36.9. The fraction of sp³-hybridized carbons (Fsp3) is 0.222. The van der Waals surface area contributed by atoms with Crippen molar-refractivity contribution >= 4 is 23.1 Å². The number of non-ortho nitro benzene ring substituents is 1. The summed E-state index contributed by atoms with van der Waals surface area (Å²) >= 11 is 0. The van der Waals surface area contributed by atoms with Gasteiger partial charge in [0.15, 0.2) is 0 Å². The van der Waals surface area contributed by atoms with E-state index in [9.17, 15) is 19.7 Å². The van der Waals surface area contributed by atoms with Crippen molar-refractivity contribution in [2.75, 3.05) is 11.4 Å². The molecule has 1 atom stereocenters. The van der Waals surface area contributed by atoms with E-state index in [1.54, 1.807) is 4.90 Å². The molecule has 0 N–H and O–H groups in total. The first-order chi connectivity index (χ1) is 11.5. The van der Waals surface area contributed by atoms with Crippen molar-refractivity contribution in [2.45, 2.75) is 19.3 Å². The number of anilines is 1. The third-order valence-corrected chi connectivity index (χ3v) is 4.33. The largest absolute Gasteiger partial charge is 0.308 e. The van der Waals surface area contributed by atoms with Gasteiger partial charge in [0.2, 0.25) is 0 Å². The van der Waals surface area contributed by atoms with E-state index in [-0.39, 0.29) is 29.7 Å². The van der Waals surface area contributed by atoms with Crippen LogP contribution in [0.5, 0.6) is 0 Å². The molecule has 1 aliphatic rings. The highest BCUT2D eigenvalue weighted by Crippen LogP contribution is 2.33. The molecule has 24 heavy (non-hydrogen) atoms. The van der Waals surface area contributed by atoms with Gasteiger partial charge in [0.25, 0.3) is 11.6 Å². The van der Waals surface area contributed by atoms with Crippen LogP contribution in [0.2, 0.25) is 0 Å². The van der Waals surface area contributed by atoms with Gasteiger partial charge >= 0.3 is 0 Å². The minimum absolute atomic E-state index is 0.0633. The standard InChI is InChI=1S/C18H16N2O4/c1-12-15-4-2-3-5-16(15)19(11-10-17(12)21)18(22)13-6-8-14(9-7-13)20(23)24/h2-9,12H,10-11H2,1H3. The van der Waals surface area contributed by atoms with Gasteiger partial charge in [-0.3, -0.25) is 19.7 Å². The van der Waals surface area contributed by atoms with Crippen LogP contribution in [0.15, 0.2) is 48.5 Å². The van der Waals surface area contributed by atoms with Gasteiger partial charge in [-0.1, -0.05) is 25.1 Å². The van der Waals surface area contributed by atoms with E-state index in [2.05, 4.69) is 0 Å². The molecule has 0 bridgehead atoms. The number of benzene rings is 2. The molecule has 3 rings (SSSR count). The quantitative estimate of drug-likeness (QED) is 0.627. The normalized spacial score (nSPS) is 17.1. The van der Waals surface area contributed by atoms with E-state index in [1.165, 1.54) is 24.3 Å². The van der Waals surface area contributed by atoms with Crippen molar-refractivity contribution in [3.8, 4) is 0 Å². The van der Waals surface area contributed by atoms with Crippen molar-refractivity contribution < 1.29 is 14.5 Å². The zero-order valence-electron chi connectivity index (χ0n) is 13.1. The number of Topliss-reactive ketones (excluding diaryl/α,β-unsaturated/α-hetero) is 1. The fourth-order valence-electron chi connectivity index (χ4n) is 2.92. The van der Waals surface area contributed by atoms with Crippen LogP contribution in [0.1, 0.15) is 35.2 Å². The highest BCUT2D eigenvalue weighted by molar-refractivity contribution is 6.08. The SMILES string of the molecule is CC1C(=O)CCN(C(=O)c2ccc([N+](=O)[O-])cc2)c2ccccc21. The molecule has 0 saturated carbocycles. The molecule has 0 radical (unpaired) electrons. The van der Waals surface area contributed by atoms with Crippen LogP contribution in [0, 0.1) is 10.1 Å². The Hall–Kier alpha value is -3.02. The van der Waals surface area contributed by atoms with Crippen molar-refractivity contribution in [1.82, 2.24) is 0 Å². The van der Waals surface area contributed by atoms with Crippen LogP contribution in [0.3, 0.4) is 0 Å². The number of carbonyl (C=O) groups excluding carboxylic acids is 2. The summed E-state index contributed by atoms with van der Waals surface area (Å²) in [5.74, 6) is -0.420. The Labute approximate surface area is 138 Å². The lowest BCUT2D eigenvalue weighted by Gasteiger charge is -2.23. The number of ketones is 1. The number of hydrogen-bond donors (Lipinski definition) is 0. The summed E-state index contributed by atoms with van der Waals surface area (Å²) in [7, 11) is 0. The predicted molar refractivity (Wildman–Crippen MR) is 89.3 cm³/mol. The van der Waals surface area contributed by atoms with Gasteiger partial charge in [-0.15, -0.1) is 0 Å². The molecular weight excluding hydrogens is 308 g/mol. The maximum atomic E-state index is 12.9. The minimum Gasteiger partial charge on any atom is -0.308 e. The van der Waals surface area contributed by atoms with E-state index >= 15 is 0 Å². The average molecular weight is 324 g/mol. The molecule has 1 heterocycles. The Balaban J connectivity index is 1.98. The second kappa shape index (κ2) is 6.23. The van der Waals surface area contributed by atoms with Crippen LogP contribution >= 0.6 is 0 Å². The molecule has 0 aromatic heterocycles. The topological polar surface area (TPSA) is 80.5 Å². The summed E-state index contributed by atoms with van der Waals surface area (Å²) < 4.78 is 0. The molecule has 1 unspecified atom stereocenters. The van der Waals surface area contributed by atoms with Gasteiger partial charge in [0.05, 0.1) is 4.92 Å². The Bertz CT molecular complexity index is 814. The van der Waals surface area contributed by atoms with E-state index in [0.29, 0.717) is 12.1 Å². The Morgan fingerprint density at radius 2 is 1.83 bits per heavy atom. The number of fused-ring (bicyclic) bond motifs is 1. The lowest BCUT2D eigenvalue weighted by atomic mass is 9.95. The molecule has 0 fully saturated rings. The number of para-hydroxylation sites is 1. The molecule has 1 amide bonds. The average Bonchev–Trinajstić information content (AvgIpc) is 2.72. The van der Waals surface area contributed by atoms with Gasteiger partial charge in [-0.25, -0.2) is 0 Å². The number of amides is 1. The maximum absolute atomic E-state index is 12.9. The summed E-state index contributed by atoms with van der Waals surface area (Å²) in [6.45, 7) is 2.15. The Kier molecular flexibility index (Phi) is 4.12. The lowest BCUT2D eigenvalue weighted by Crippen LogP contribution is -2.32. The zero-order chi connectivity index (χ0) is 17.3. The summed E-state index contributed by atoms with van der Waals surface area (Å²) in [5, 5.41) is 10.7. The molecule has 122 valence electrons. The number of carbonyl (C=O) groups is 2.